The molecule has 11 heteroatoms. The van der Waals surface area contributed by atoms with Gasteiger partial charge in [0.25, 0.3) is 0 Å². The highest BCUT2D eigenvalue weighted by atomic mass is 32.2. The number of aromatic nitrogens is 3. The van der Waals surface area contributed by atoms with Crippen molar-refractivity contribution in [3.05, 3.63) is 65.9 Å². The van der Waals surface area contributed by atoms with E-state index < -0.39 is 15.8 Å². The van der Waals surface area contributed by atoms with Gasteiger partial charge in [0.2, 0.25) is 15.9 Å². The number of halogens is 1. The van der Waals surface area contributed by atoms with E-state index in [-0.39, 0.29) is 28.8 Å². The summed E-state index contributed by atoms with van der Waals surface area (Å²) in [5.74, 6) is -0.409. The van der Waals surface area contributed by atoms with E-state index in [0.29, 0.717) is 35.2 Å². The minimum atomic E-state index is -3.27. The third-order valence-electron chi connectivity index (χ3n) is 5.49. The lowest BCUT2D eigenvalue weighted by atomic mass is 10.2. The van der Waals surface area contributed by atoms with Crippen molar-refractivity contribution in [2.75, 3.05) is 21.9 Å². The van der Waals surface area contributed by atoms with Crippen molar-refractivity contribution in [3.8, 4) is 17.7 Å². The summed E-state index contributed by atoms with van der Waals surface area (Å²) in [6, 6.07) is 13.6. The molecule has 0 unspecified atom stereocenters. The van der Waals surface area contributed by atoms with Gasteiger partial charge >= 0.3 is 0 Å². The number of aromatic amines is 1. The fraction of sp³-hybridized carbons (Fsp3) is 0.174. The Morgan fingerprint density at radius 3 is 2.71 bits per heavy atom. The van der Waals surface area contributed by atoms with E-state index in [1.165, 1.54) is 16.7 Å². The Bertz CT molecular complexity index is 1540. The molecule has 0 atom stereocenters. The Balaban J connectivity index is 1.41. The van der Waals surface area contributed by atoms with Gasteiger partial charge < -0.3 is 15.0 Å². The molecule has 2 aromatic heterocycles. The highest BCUT2D eigenvalue weighted by molar-refractivity contribution is 7.93. The van der Waals surface area contributed by atoms with Crippen LogP contribution in [0.1, 0.15) is 17.7 Å². The molecule has 0 saturated carbocycles. The van der Waals surface area contributed by atoms with Crippen LogP contribution in [-0.4, -0.2) is 35.7 Å². The second-order valence-electron chi connectivity index (χ2n) is 7.82. The van der Waals surface area contributed by atoms with Crippen LogP contribution < -0.4 is 14.4 Å². The molecular weight excluding hydrogens is 459 g/mol. The van der Waals surface area contributed by atoms with E-state index in [1.807, 2.05) is 13.0 Å². The van der Waals surface area contributed by atoms with Crippen molar-refractivity contribution >= 4 is 38.1 Å². The molecule has 9 nitrogen and oxygen atoms in total. The molecule has 34 heavy (non-hydrogen) atoms. The Hall–Kier alpha value is -4.17. The third-order valence-corrected chi connectivity index (χ3v) is 7.35. The minimum absolute atomic E-state index is 0.00144. The van der Waals surface area contributed by atoms with Gasteiger partial charge in [-0.1, -0.05) is 0 Å². The molecule has 1 aliphatic rings. The van der Waals surface area contributed by atoms with E-state index in [0.717, 1.165) is 5.69 Å². The number of fused-ring (bicyclic) bond motifs is 1. The van der Waals surface area contributed by atoms with Crippen molar-refractivity contribution < 1.29 is 17.5 Å². The van der Waals surface area contributed by atoms with Crippen molar-refractivity contribution in [2.24, 2.45) is 0 Å². The third kappa shape index (κ3) is 3.88. The second kappa shape index (κ2) is 8.31. The summed E-state index contributed by atoms with van der Waals surface area (Å²) in [6.07, 6.45) is 1.80. The van der Waals surface area contributed by atoms with Gasteiger partial charge in [0.15, 0.2) is 22.9 Å². The molecule has 0 spiro atoms. The number of H-pyrrole nitrogens is 1. The molecule has 3 heterocycles. The highest BCUT2D eigenvalue weighted by Gasteiger charge is 2.28. The van der Waals surface area contributed by atoms with E-state index in [2.05, 4.69) is 20.3 Å². The lowest BCUT2D eigenvalue weighted by Crippen LogP contribution is -2.24. The first-order chi connectivity index (χ1) is 16.4. The quantitative estimate of drug-likeness (QED) is 0.437. The van der Waals surface area contributed by atoms with Crippen molar-refractivity contribution in [1.29, 1.82) is 5.26 Å². The zero-order valence-corrected chi connectivity index (χ0v) is 18.9. The second-order valence-corrected chi connectivity index (χ2v) is 9.83. The lowest BCUT2D eigenvalue weighted by Gasteiger charge is -2.17. The highest BCUT2D eigenvalue weighted by Crippen LogP contribution is 2.33. The number of nitrogens with zero attached hydrogens (tertiary/aromatic N) is 4. The van der Waals surface area contributed by atoms with Crippen LogP contribution in [0.3, 0.4) is 0 Å². The summed E-state index contributed by atoms with van der Waals surface area (Å²) < 4.78 is 46.2. The minimum Gasteiger partial charge on any atom is -0.434 e. The zero-order chi connectivity index (χ0) is 23.9. The Labute approximate surface area is 194 Å². The first kappa shape index (κ1) is 21.7. The predicted octanol–water partition coefficient (Wildman–Crippen LogP) is 4.35. The molecule has 5 rings (SSSR count). The maximum atomic E-state index is 14.9. The number of sulfonamides is 1. The van der Waals surface area contributed by atoms with Gasteiger partial charge in [-0.25, -0.2) is 22.8 Å². The maximum absolute atomic E-state index is 14.9. The van der Waals surface area contributed by atoms with Crippen LogP contribution >= 0.6 is 0 Å². The Kier molecular flexibility index (Phi) is 5.30. The van der Waals surface area contributed by atoms with Gasteiger partial charge in [-0.2, -0.15) is 5.26 Å². The monoisotopic (exact) mass is 478 g/mol. The van der Waals surface area contributed by atoms with Gasteiger partial charge in [-0.3, -0.25) is 4.31 Å². The molecule has 0 amide bonds. The first-order valence-corrected chi connectivity index (χ1v) is 12.0. The number of benzene rings is 2. The van der Waals surface area contributed by atoms with Crippen LogP contribution in [-0.2, 0) is 10.0 Å². The number of ether oxygens (including phenoxy) is 1. The van der Waals surface area contributed by atoms with Crippen molar-refractivity contribution in [3.63, 3.8) is 0 Å². The molecule has 172 valence electrons. The van der Waals surface area contributed by atoms with Gasteiger partial charge in [-0.05, 0) is 55.8 Å². The summed E-state index contributed by atoms with van der Waals surface area (Å²) in [4.78, 5) is 11.2. The standard InChI is InChI=1S/C23H19FN6O3S/c1-14-11-17-19(28-14)7-8-20(21(17)24)33-23-18(12-25)22(26-13-27-23)29-15-3-5-16(6-4-15)30-9-2-10-34(30,31)32/h3-8,11,13,28H,2,9-10H2,1H3,(H,26,27,29). The summed E-state index contributed by atoms with van der Waals surface area (Å²) in [5, 5.41) is 13.1. The predicted molar refractivity (Wildman–Crippen MR) is 125 cm³/mol. The normalized spacial score (nSPS) is 14.8. The topological polar surface area (TPSA) is 124 Å². The van der Waals surface area contributed by atoms with E-state index in [9.17, 15) is 18.1 Å². The number of anilines is 3. The molecule has 2 N–H and O–H groups in total. The van der Waals surface area contributed by atoms with Crippen LogP contribution in [0.2, 0.25) is 0 Å². The van der Waals surface area contributed by atoms with Gasteiger partial charge in [0.1, 0.15) is 12.4 Å². The average molecular weight is 479 g/mol. The number of nitriles is 1. The largest absolute Gasteiger partial charge is 0.434 e. The summed E-state index contributed by atoms with van der Waals surface area (Å²) >= 11 is 0. The van der Waals surface area contributed by atoms with Gasteiger partial charge in [0.05, 0.1) is 11.4 Å². The first-order valence-electron chi connectivity index (χ1n) is 10.4. The maximum Gasteiger partial charge on any atom is 0.242 e. The number of rotatable bonds is 5. The number of aryl methyl sites for hydroxylation is 1. The molecule has 2 aromatic carbocycles. The summed E-state index contributed by atoms with van der Waals surface area (Å²) in [5.41, 5.74) is 2.60. The average Bonchev–Trinajstić information content (AvgIpc) is 3.38. The van der Waals surface area contributed by atoms with E-state index in [1.54, 1.807) is 36.4 Å². The Morgan fingerprint density at radius 1 is 1.21 bits per heavy atom. The van der Waals surface area contributed by atoms with E-state index in [4.69, 9.17) is 4.74 Å². The Morgan fingerprint density at radius 2 is 2.00 bits per heavy atom. The van der Waals surface area contributed by atoms with Crippen LogP contribution in [0.15, 0.2) is 48.8 Å². The molecule has 4 aromatic rings. The van der Waals surface area contributed by atoms with Crippen LogP contribution in [0, 0.1) is 24.1 Å². The summed E-state index contributed by atoms with van der Waals surface area (Å²) in [6.45, 7) is 2.28. The van der Waals surface area contributed by atoms with Crippen LogP contribution in [0.5, 0.6) is 11.6 Å². The van der Waals surface area contributed by atoms with Crippen molar-refractivity contribution in [1.82, 2.24) is 15.0 Å². The van der Waals surface area contributed by atoms with Gasteiger partial charge in [-0.15, -0.1) is 0 Å². The lowest BCUT2D eigenvalue weighted by molar-refractivity contribution is 0.428. The fourth-order valence-corrected chi connectivity index (χ4v) is 5.46. The van der Waals surface area contributed by atoms with Gasteiger partial charge in [0, 0.05) is 28.8 Å². The molecule has 1 saturated heterocycles. The van der Waals surface area contributed by atoms with Crippen molar-refractivity contribution in [2.45, 2.75) is 13.3 Å². The molecule has 1 fully saturated rings. The smallest absolute Gasteiger partial charge is 0.242 e. The zero-order valence-electron chi connectivity index (χ0n) is 18.0. The molecule has 0 aliphatic carbocycles. The fourth-order valence-electron chi connectivity index (χ4n) is 3.89. The number of hydrogen-bond donors (Lipinski definition) is 2. The number of nitrogens with one attached hydrogen (secondary N) is 2. The summed E-state index contributed by atoms with van der Waals surface area (Å²) in [7, 11) is -3.27. The van der Waals surface area contributed by atoms with Crippen LogP contribution in [0.25, 0.3) is 10.9 Å². The van der Waals surface area contributed by atoms with Crippen LogP contribution in [0.4, 0.5) is 21.6 Å². The molecule has 1 aliphatic heterocycles. The number of hydrogen-bond acceptors (Lipinski definition) is 7. The molecule has 0 radical (unpaired) electrons. The molecular formula is C23H19FN6O3S. The SMILES string of the molecule is Cc1cc2c(F)c(Oc3ncnc(Nc4ccc(N5CCCS5(=O)=O)cc4)c3C#N)ccc2[nH]1. The van der Waals surface area contributed by atoms with E-state index >= 15 is 0 Å². The molecule has 0 bridgehead atoms.